The monoisotopic (exact) mass is 285 g/mol. The first-order chi connectivity index (χ1) is 9.50. The Morgan fingerprint density at radius 2 is 1.95 bits per heavy atom. The summed E-state index contributed by atoms with van der Waals surface area (Å²) in [6, 6.07) is 0.0957. The van der Waals surface area contributed by atoms with Gasteiger partial charge < -0.3 is 14.8 Å². The maximum absolute atomic E-state index is 5.15. The summed E-state index contributed by atoms with van der Waals surface area (Å²) in [5.41, 5.74) is 0.0897. The van der Waals surface area contributed by atoms with E-state index in [2.05, 4.69) is 41.6 Å². The largest absolute Gasteiger partial charge is 0.385 e. The molecule has 0 aliphatic heterocycles. The highest BCUT2D eigenvalue weighted by atomic mass is 16.5. The number of hydrogen-bond donors (Lipinski definition) is 1. The summed E-state index contributed by atoms with van der Waals surface area (Å²) >= 11 is 0. The molecule has 7 nitrogen and oxygen atoms in total. The molecule has 116 valence electrons. The van der Waals surface area contributed by atoms with Crippen molar-refractivity contribution in [3.63, 3.8) is 0 Å². The molecular formula is C13H27N5O2. The lowest BCUT2D eigenvalue weighted by Crippen LogP contribution is -2.29. The van der Waals surface area contributed by atoms with Crippen LogP contribution < -0.4 is 5.32 Å². The van der Waals surface area contributed by atoms with Gasteiger partial charge in [0.05, 0.1) is 19.2 Å². The van der Waals surface area contributed by atoms with E-state index in [1.165, 1.54) is 0 Å². The van der Waals surface area contributed by atoms with Crippen molar-refractivity contribution >= 4 is 0 Å². The van der Waals surface area contributed by atoms with Gasteiger partial charge in [0.25, 0.3) is 0 Å². The summed E-state index contributed by atoms with van der Waals surface area (Å²) in [6.07, 6.45) is 0.967. The number of tetrazole rings is 1. The average molecular weight is 285 g/mol. The molecule has 0 radical (unpaired) electrons. The number of ether oxygens (including phenoxy) is 2. The zero-order chi connectivity index (χ0) is 15.0. The van der Waals surface area contributed by atoms with Crippen molar-refractivity contribution in [2.24, 2.45) is 5.41 Å². The van der Waals surface area contributed by atoms with Crippen molar-refractivity contribution in [1.29, 1.82) is 0 Å². The maximum Gasteiger partial charge on any atom is 0.167 e. The fourth-order valence-electron chi connectivity index (χ4n) is 1.97. The van der Waals surface area contributed by atoms with Crippen LogP contribution in [0.15, 0.2) is 0 Å². The van der Waals surface area contributed by atoms with E-state index >= 15 is 0 Å². The van der Waals surface area contributed by atoms with Crippen LogP contribution in [-0.2, 0) is 16.0 Å². The lowest BCUT2D eigenvalue weighted by molar-refractivity contribution is 0.138. The van der Waals surface area contributed by atoms with Crippen LogP contribution in [-0.4, -0.2) is 54.2 Å². The fourth-order valence-corrected chi connectivity index (χ4v) is 1.97. The van der Waals surface area contributed by atoms with Gasteiger partial charge in [-0.25, -0.2) is 4.68 Å². The molecule has 0 spiro atoms. The van der Waals surface area contributed by atoms with E-state index < -0.39 is 0 Å². The zero-order valence-corrected chi connectivity index (χ0v) is 13.2. The van der Waals surface area contributed by atoms with Crippen molar-refractivity contribution in [3.8, 4) is 0 Å². The van der Waals surface area contributed by atoms with Crippen LogP contribution in [0, 0.1) is 5.41 Å². The van der Waals surface area contributed by atoms with Crippen molar-refractivity contribution in [1.82, 2.24) is 25.5 Å². The van der Waals surface area contributed by atoms with Crippen LogP contribution in [0.1, 0.15) is 39.1 Å². The first-order valence-electron chi connectivity index (χ1n) is 6.97. The molecule has 1 atom stereocenters. The van der Waals surface area contributed by atoms with Gasteiger partial charge in [0.2, 0.25) is 0 Å². The minimum absolute atomic E-state index is 0.0897. The molecule has 1 heterocycles. The smallest absolute Gasteiger partial charge is 0.167 e. The third-order valence-electron chi connectivity index (χ3n) is 3.26. The highest BCUT2D eigenvalue weighted by Gasteiger charge is 2.23. The van der Waals surface area contributed by atoms with E-state index in [0.717, 1.165) is 31.9 Å². The lowest BCUT2D eigenvalue weighted by Gasteiger charge is -2.25. The molecule has 0 saturated heterocycles. The first-order valence-corrected chi connectivity index (χ1v) is 6.97. The number of methoxy groups -OCH3 is 2. The predicted molar refractivity (Wildman–Crippen MR) is 76.4 cm³/mol. The topological polar surface area (TPSA) is 74.1 Å². The molecule has 1 N–H and O–H groups in total. The van der Waals surface area contributed by atoms with Crippen LogP contribution in [0.5, 0.6) is 0 Å². The number of rotatable bonds is 10. The molecular weight excluding hydrogens is 258 g/mol. The van der Waals surface area contributed by atoms with Gasteiger partial charge in [0.15, 0.2) is 5.82 Å². The van der Waals surface area contributed by atoms with Crippen molar-refractivity contribution in [2.45, 2.75) is 39.8 Å². The van der Waals surface area contributed by atoms with Crippen molar-refractivity contribution in [2.75, 3.05) is 34.0 Å². The SMILES string of the molecule is COCCNC(C)c1nnnn1CC(C)(C)CCOC. The van der Waals surface area contributed by atoms with Gasteiger partial charge in [-0.2, -0.15) is 0 Å². The van der Waals surface area contributed by atoms with Gasteiger partial charge in [0.1, 0.15) is 0 Å². The predicted octanol–water partition coefficient (Wildman–Crippen LogP) is 1.03. The van der Waals surface area contributed by atoms with Crippen LogP contribution in [0.25, 0.3) is 0 Å². The van der Waals surface area contributed by atoms with Gasteiger partial charge in [-0.3, -0.25) is 0 Å². The van der Waals surface area contributed by atoms with Crippen molar-refractivity contribution in [3.05, 3.63) is 5.82 Å². The Morgan fingerprint density at radius 3 is 2.60 bits per heavy atom. The van der Waals surface area contributed by atoms with Gasteiger partial charge in [-0.05, 0) is 29.2 Å². The Kier molecular flexibility index (Phi) is 7.04. The molecule has 0 aromatic carbocycles. The van der Waals surface area contributed by atoms with Crippen LogP contribution >= 0.6 is 0 Å². The summed E-state index contributed by atoms with van der Waals surface area (Å²) < 4.78 is 12.1. The molecule has 0 aliphatic rings. The molecule has 0 saturated carbocycles. The van der Waals surface area contributed by atoms with E-state index in [9.17, 15) is 0 Å². The van der Waals surface area contributed by atoms with Crippen molar-refractivity contribution < 1.29 is 9.47 Å². The van der Waals surface area contributed by atoms with Crippen LogP contribution in [0.3, 0.4) is 0 Å². The molecule has 20 heavy (non-hydrogen) atoms. The van der Waals surface area contributed by atoms with Gasteiger partial charge in [-0.1, -0.05) is 13.8 Å². The molecule has 0 aliphatic carbocycles. The van der Waals surface area contributed by atoms with E-state index in [1.807, 2.05) is 4.68 Å². The number of hydrogen-bond acceptors (Lipinski definition) is 6. The second-order valence-electron chi connectivity index (χ2n) is 5.77. The quantitative estimate of drug-likeness (QED) is 0.647. The molecule has 1 aromatic heterocycles. The van der Waals surface area contributed by atoms with E-state index in [1.54, 1.807) is 14.2 Å². The Hall–Kier alpha value is -1.05. The molecule has 0 amide bonds. The van der Waals surface area contributed by atoms with Crippen LogP contribution in [0.2, 0.25) is 0 Å². The zero-order valence-electron chi connectivity index (χ0n) is 13.2. The molecule has 0 bridgehead atoms. The maximum atomic E-state index is 5.15. The van der Waals surface area contributed by atoms with E-state index in [0.29, 0.717) is 6.61 Å². The molecule has 1 aromatic rings. The Bertz CT molecular complexity index is 381. The number of nitrogens with one attached hydrogen (secondary N) is 1. The average Bonchev–Trinajstić information content (AvgIpc) is 2.84. The highest BCUT2D eigenvalue weighted by molar-refractivity contribution is 4.90. The molecule has 0 fully saturated rings. The minimum Gasteiger partial charge on any atom is -0.385 e. The third-order valence-corrected chi connectivity index (χ3v) is 3.26. The standard InChI is InChI=1S/C13H27N5O2/c1-11(14-7-9-20-5)12-15-16-17-18(12)10-13(2,3)6-8-19-4/h11,14H,6-10H2,1-5H3. The summed E-state index contributed by atoms with van der Waals surface area (Å²) in [5, 5.41) is 15.4. The van der Waals surface area contributed by atoms with E-state index in [4.69, 9.17) is 9.47 Å². The molecule has 7 heteroatoms. The molecule has 1 unspecified atom stereocenters. The molecule has 1 rings (SSSR count). The second-order valence-corrected chi connectivity index (χ2v) is 5.77. The summed E-state index contributed by atoms with van der Waals surface area (Å²) in [4.78, 5) is 0. The summed E-state index contributed by atoms with van der Waals surface area (Å²) in [7, 11) is 3.41. The first kappa shape index (κ1) is 17.0. The number of nitrogens with zero attached hydrogens (tertiary/aromatic N) is 4. The fraction of sp³-hybridized carbons (Fsp3) is 0.923. The number of aromatic nitrogens is 4. The minimum atomic E-state index is 0.0897. The van der Waals surface area contributed by atoms with Gasteiger partial charge in [-0.15, -0.1) is 5.10 Å². The van der Waals surface area contributed by atoms with Crippen LogP contribution in [0.4, 0.5) is 0 Å². The Morgan fingerprint density at radius 1 is 1.25 bits per heavy atom. The Balaban J connectivity index is 2.61. The van der Waals surface area contributed by atoms with Gasteiger partial charge >= 0.3 is 0 Å². The van der Waals surface area contributed by atoms with E-state index in [-0.39, 0.29) is 11.5 Å². The van der Waals surface area contributed by atoms with Gasteiger partial charge in [0, 0.05) is 27.4 Å². The second kappa shape index (κ2) is 8.28. The lowest BCUT2D eigenvalue weighted by atomic mass is 9.90. The third kappa shape index (κ3) is 5.52. The normalized spacial score (nSPS) is 13.7. The summed E-state index contributed by atoms with van der Waals surface area (Å²) in [6.45, 7) is 9.41. The highest BCUT2D eigenvalue weighted by Crippen LogP contribution is 2.23. The summed E-state index contributed by atoms with van der Waals surface area (Å²) in [5.74, 6) is 0.853. The Labute approximate surface area is 121 Å².